The number of nitrogens with two attached hydrogens (primary N) is 3. The Morgan fingerprint density at radius 3 is 2.36 bits per heavy atom. The number of carbonyl (C=O) groups is 4. The lowest BCUT2D eigenvalue weighted by molar-refractivity contribution is -0.143. The second-order valence-electron chi connectivity index (χ2n) is 10.2. The summed E-state index contributed by atoms with van der Waals surface area (Å²) in [6.45, 7) is 4.25. The lowest BCUT2D eigenvalue weighted by Gasteiger charge is -2.29. The Hall–Kier alpha value is -3.87. The third kappa shape index (κ3) is 10.1. The summed E-state index contributed by atoms with van der Waals surface area (Å²) in [5.74, 6) is -2.70. The maximum absolute atomic E-state index is 13.3. The number of guanidine groups is 1. The van der Waals surface area contributed by atoms with Gasteiger partial charge in [0.25, 0.3) is 0 Å². The first-order valence-electron chi connectivity index (χ1n) is 13.1. The van der Waals surface area contributed by atoms with E-state index >= 15 is 0 Å². The summed E-state index contributed by atoms with van der Waals surface area (Å²) in [6.07, 6.45) is 1.95. The Labute approximate surface area is 228 Å². The zero-order valence-corrected chi connectivity index (χ0v) is 22.5. The highest BCUT2D eigenvalue weighted by Crippen LogP contribution is 2.20. The zero-order chi connectivity index (χ0) is 29.1. The first-order valence-corrected chi connectivity index (χ1v) is 13.1. The van der Waals surface area contributed by atoms with Crippen LogP contribution in [0.5, 0.6) is 5.75 Å². The average Bonchev–Trinajstić information content (AvgIpc) is 3.35. The van der Waals surface area contributed by atoms with Crippen molar-refractivity contribution in [3.8, 4) is 5.75 Å². The van der Waals surface area contributed by atoms with Gasteiger partial charge in [0.2, 0.25) is 17.7 Å². The molecule has 1 saturated heterocycles. The Morgan fingerprint density at radius 2 is 1.77 bits per heavy atom. The first-order chi connectivity index (χ1) is 18.4. The number of hydrogen-bond donors (Lipinski definition) is 7. The molecule has 0 bridgehead atoms. The van der Waals surface area contributed by atoms with Crippen molar-refractivity contribution >= 4 is 29.7 Å². The molecule has 0 spiro atoms. The van der Waals surface area contributed by atoms with Gasteiger partial charge in [-0.25, -0.2) is 4.79 Å². The molecule has 13 nitrogen and oxygen atoms in total. The van der Waals surface area contributed by atoms with Gasteiger partial charge < -0.3 is 42.9 Å². The van der Waals surface area contributed by atoms with Crippen LogP contribution >= 0.6 is 0 Å². The SMILES string of the molecule is CC(C)CC(NC(=O)C(CCCN=C(N)N)NC(=O)C1CCCN1C(=O)C(N)Cc1ccc(O)cc1)C(=O)O. The van der Waals surface area contributed by atoms with Crippen molar-refractivity contribution in [3.05, 3.63) is 29.8 Å². The van der Waals surface area contributed by atoms with Crippen molar-refractivity contribution in [2.45, 2.75) is 76.5 Å². The van der Waals surface area contributed by atoms with Gasteiger partial charge in [0.15, 0.2) is 5.96 Å². The van der Waals surface area contributed by atoms with Crippen molar-refractivity contribution in [1.29, 1.82) is 0 Å². The van der Waals surface area contributed by atoms with E-state index < -0.39 is 47.9 Å². The predicted octanol–water partition coefficient (Wildman–Crippen LogP) is -0.593. The monoisotopic (exact) mass is 547 g/mol. The summed E-state index contributed by atoms with van der Waals surface area (Å²) in [5.41, 5.74) is 17.6. The summed E-state index contributed by atoms with van der Waals surface area (Å²) >= 11 is 0. The summed E-state index contributed by atoms with van der Waals surface area (Å²) < 4.78 is 0. The topological polar surface area (TPSA) is 226 Å². The fourth-order valence-corrected chi connectivity index (χ4v) is 4.49. The molecule has 216 valence electrons. The number of aliphatic imine (C=N–C) groups is 1. The van der Waals surface area contributed by atoms with Crippen LogP contribution in [0.4, 0.5) is 0 Å². The van der Waals surface area contributed by atoms with E-state index in [0.29, 0.717) is 25.8 Å². The quantitative estimate of drug-likeness (QED) is 0.0895. The highest BCUT2D eigenvalue weighted by molar-refractivity contribution is 5.94. The van der Waals surface area contributed by atoms with Gasteiger partial charge in [-0.1, -0.05) is 26.0 Å². The first kappa shape index (κ1) is 31.3. The van der Waals surface area contributed by atoms with Crippen LogP contribution in [0.2, 0.25) is 0 Å². The van der Waals surface area contributed by atoms with E-state index in [-0.39, 0.29) is 43.4 Å². The second kappa shape index (κ2) is 14.9. The number of aromatic hydroxyl groups is 1. The number of rotatable bonds is 14. The molecule has 4 atom stereocenters. The van der Waals surface area contributed by atoms with Crippen molar-refractivity contribution in [2.75, 3.05) is 13.1 Å². The van der Waals surface area contributed by atoms with E-state index in [2.05, 4.69) is 15.6 Å². The number of hydrogen-bond acceptors (Lipinski definition) is 7. The molecule has 0 saturated carbocycles. The number of carboxylic acid groups (broad SMARTS) is 1. The Balaban J connectivity index is 2.11. The van der Waals surface area contributed by atoms with Crippen LogP contribution in [0.25, 0.3) is 0 Å². The van der Waals surface area contributed by atoms with Gasteiger partial charge in [-0.3, -0.25) is 19.4 Å². The molecule has 39 heavy (non-hydrogen) atoms. The molecule has 0 aliphatic carbocycles. The van der Waals surface area contributed by atoms with Crippen LogP contribution in [0.15, 0.2) is 29.3 Å². The molecule has 0 aromatic heterocycles. The third-order valence-electron chi connectivity index (χ3n) is 6.45. The number of nitrogens with zero attached hydrogens (tertiary/aromatic N) is 2. The minimum Gasteiger partial charge on any atom is -0.508 e. The van der Waals surface area contributed by atoms with Crippen LogP contribution < -0.4 is 27.8 Å². The molecule has 1 aromatic rings. The van der Waals surface area contributed by atoms with Gasteiger partial charge in [-0.05, 0) is 62.1 Å². The van der Waals surface area contributed by atoms with Crippen LogP contribution in [-0.2, 0) is 25.6 Å². The summed E-state index contributed by atoms with van der Waals surface area (Å²) in [5, 5.41) is 24.2. The van der Waals surface area contributed by atoms with Gasteiger partial charge >= 0.3 is 5.97 Å². The number of carboxylic acids is 1. The molecule has 13 heteroatoms. The molecule has 10 N–H and O–H groups in total. The van der Waals surface area contributed by atoms with Crippen LogP contribution in [0, 0.1) is 5.92 Å². The fraction of sp³-hybridized carbons (Fsp3) is 0.577. The van der Waals surface area contributed by atoms with Crippen molar-refractivity contribution < 1.29 is 29.4 Å². The Morgan fingerprint density at radius 1 is 1.10 bits per heavy atom. The molecule has 1 aliphatic heterocycles. The molecule has 4 unspecified atom stereocenters. The van der Waals surface area contributed by atoms with Crippen LogP contribution in [0.1, 0.15) is 51.5 Å². The summed E-state index contributed by atoms with van der Waals surface area (Å²) in [6, 6.07) is 2.48. The number of likely N-dealkylation sites (tertiary alicyclic amines) is 1. The number of phenols is 1. The number of amides is 3. The maximum atomic E-state index is 13.3. The molecule has 1 fully saturated rings. The van der Waals surface area contributed by atoms with E-state index in [1.807, 2.05) is 13.8 Å². The number of benzene rings is 1. The van der Waals surface area contributed by atoms with Gasteiger partial charge in [-0.15, -0.1) is 0 Å². The Kier molecular flexibility index (Phi) is 12.0. The van der Waals surface area contributed by atoms with Gasteiger partial charge in [-0.2, -0.15) is 0 Å². The largest absolute Gasteiger partial charge is 0.508 e. The molecule has 0 radical (unpaired) electrons. The molecular formula is C26H41N7O6. The third-order valence-corrected chi connectivity index (χ3v) is 6.45. The van der Waals surface area contributed by atoms with E-state index in [9.17, 15) is 29.4 Å². The fourth-order valence-electron chi connectivity index (χ4n) is 4.49. The molecule has 1 aliphatic rings. The standard InChI is InChI=1S/C26H41N7O6/c1-15(2)13-20(25(38)39)32-22(35)19(5-3-11-30-26(28)29)31-23(36)21-6-4-12-33(21)24(37)18(27)14-16-7-9-17(34)10-8-16/h7-10,15,18-21,34H,3-6,11-14,27H2,1-2H3,(H,31,36)(H,32,35)(H,38,39)(H4,28,29,30). The number of nitrogens with one attached hydrogen (secondary N) is 2. The van der Waals surface area contributed by atoms with Gasteiger partial charge in [0.1, 0.15) is 23.9 Å². The predicted molar refractivity (Wildman–Crippen MR) is 145 cm³/mol. The lowest BCUT2D eigenvalue weighted by Crippen LogP contribution is -2.56. The van der Waals surface area contributed by atoms with Crippen molar-refractivity contribution in [2.24, 2.45) is 28.1 Å². The molecular weight excluding hydrogens is 506 g/mol. The average molecular weight is 548 g/mol. The number of carbonyl (C=O) groups excluding carboxylic acids is 3. The van der Waals surface area contributed by atoms with E-state index in [1.165, 1.54) is 17.0 Å². The van der Waals surface area contributed by atoms with E-state index in [4.69, 9.17) is 17.2 Å². The maximum Gasteiger partial charge on any atom is 0.326 e. The minimum absolute atomic E-state index is 0.0187. The lowest BCUT2D eigenvalue weighted by atomic mass is 10.0. The molecule has 3 amide bonds. The minimum atomic E-state index is -1.17. The Bertz CT molecular complexity index is 1030. The normalized spacial score (nSPS) is 17.2. The van der Waals surface area contributed by atoms with E-state index in [0.717, 1.165) is 5.56 Å². The highest BCUT2D eigenvalue weighted by atomic mass is 16.4. The second-order valence-corrected chi connectivity index (χ2v) is 10.2. The smallest absolute Gasteiger partial charge is 0.326 e. The van der Waals surface area contributed by atoms with Crippen LogP contribution in [0.3, 0.4) is 0 Å². The molecule has 1 heterocycles. The van der Waals surface area contributed by atoms with Gasteiger partial charge in [0, 0.05) is 13.1 Å². The van der Waals surface area contributed by atoms with Crippen LogP contribution in [-0.4, -0.2) is 82.0 Å². The van der Waals surface area contributed by atoms with E-state index in [1.54, 1.807) is 12.1 Å². The number of phenolic OH excluding ortho intramolecular Hbond substituents is 1. The summed E-state index contributed by atoms with van der Waals surface area (Å²) in [4.78, 5) is 56.5. The molecule has 2 rings (SSSR count). The summed E-state index contributed by atoms with van der Waals surface area (Å²) in [7, 11) is 0. The highest BCUT2D eigenvalue weighted by Gasteiger charge is 2.38. The zero-order valence-electron chi connectivity index (χ0n) is 22.5. The van der Waals surface area contributed by atoms with Gasteiger partial charge in [0.05, 0.1) is 6.04 Å². The van der Waals surface area contributed by atoms with Crippen molar-refractivity contribution in [3.63, 3.8) is 0 Å². The van der Waals surface area contributed by atoms with Crippen molar-refractivity contribution in [1.82, 2.24) is 15.5 Å². The molecule has 1 aromatic carbocycles. The number of aliphatic carboxylic acids is 1.